The van der Waals surface area contributed by atoms with Crippen molar-refractivity contribution in [1.29, 1.82) is 0 Å². The van der Waals surface area contributed by atoms with Gasteiger partial charge in [-0.15, -0.1) is 0 Å². The third-order valence-corrected chi connectivity index (χ3v) is 7.46. The summed E-state index contributed by atoms with van der Waals surface area (Å²) in [4.78, 5) is 58.3. The number of carbonyl (C=O) groups excluding carboxylic acids is 4. The summed E-state index contributed by atoms with van der Waals surface area (Å²) in [7, 11) is 3.90. The van der Waals surface area contributed by atoms with Crippen molar-refractivity contribution in [2.75, 3.05) is 51.7 Å². The highest BCUT2D eigenvalue weighted by molar-refractivity contribution is 5.97. The first-order valence-electron chi connectivity index (χ1n) is 12.7. The minimum absolute atomic E-state index is 0.0337. The molecule has 0 aliphatic carbocycles. The fourth-order valence-electron chi connectivity index (χ4n) is 5.41. The molecular formula is C26H37N5O4. The van der Waals surface area contributed by atoms with Crippen LogP contribution in [0.5, 0.6) is 0 Å². The number of ketones is 1. The van der Waals surface area contributed by atoms with E-state index in [0.29, 0.717) is 37.9 Å². The Morgan fingerprint density at radius 3 is 2.40 bits per heavy atom. The maximum absolute atomic E-state index is 13.1. The Balaban J connectivity index is 1.24. The molecule has 0 saturated carbocycles. The van der Waals surface area contributed by atoms with Crippen molar-refractivity contribution >= 4 is 29.3 Å². The zero-order valence-corrected chi connectivity index (χ0v) is 21.0. The van der Waals surface area contributed by atoms with Gasteiger partial charge in [-0.2, -0.15) is 0 Å². The molecule has 4 amide bonds. The van der Waals surface area contributed by atoms with Gasteiger partial charge in [0, 0.05) is 57.9 Å². The van der Waals surface area contributed by atoms with Crippen LogP contribution in [-0.4, -0.2) is 97.2 Å². The number of urea groups is 1. The van der Waals surface area contributed by atoms with E-state index in [-0.39, 0.29) is 42.1 Å². The number of Topliss-reactive ketones (excluding diaryl/α,β-unsaturated/α-hetero) is 1. The average Bonchev–Trinajstić information content (AvgIpc) is 3.57. The number of nitrogens with zero attached hydrogens (tertiary/aromatic N) is 4. The molecule has 9 heteroatoms. The van der Waals surface area contributed by atoms with Gasteiger partial charge in [-0.05, 0) is 55.9 Å². The molecule has 0 bridgehead atoms. The van der Waals surface area contributed by atoms with Crippen LogP contribution in [0.3, 0.4) is 0 Å². The Kier molecular flexibility index (Phi) is 7.62. The standard InChI is InChI=1S/C26H37N5O4/c1-18(10-12-27-25(34)19-6-8-20(9-7-19)28(2)3)16-23(33)30-15-11-21-24(30)22(32)17-31(21)26(35)29-13-4-5-14-29/h6-9,18,21,24H,4-5,10-17H2,1-3H3,(H,27,34). The van der Waals surface area contributed by atoms with Crippen molar-refractivity contribution in [2.24, 2.45) is 5.92 Å². The summed E-state index contributed by atoms with van der Waals surface area (Å²) in [6.07, 6.45) is 3.66. The van der Waals surface area contributed by atoms with Gasteiger partial charge in [0.15, 0.2) is 5.78 Å². The molecular weight excluding hydrogens is 446 g/mol. The van der Waals surface area contributed by atoms with Gasteiger partial charge in [-0.1, -0.05) is 6.92 Å². The largest absolute Gasteiger partial charge is 0.378 e. The van der Waals surface area contributed by atoms with E-state index < -0.39 is 6.04 Å². The summed E-state index contributed by atoms with van der Waals surface area (Å²) in [6, 6.07) is 6.65. The number of fused-ring (bicyclic) bond motifs is 1. The van der Waals surface area contributed by atoms with Crippen LogP contribution >= 0.6 is 0 Å². The zero-order chi connectivity index (χ0) is 25.1. The van der Waals surface area contributed by atoms with Crippen molar-refractivity contribution in [3.05, 3.63) is 29.8 Å². The lowest BCUT2D eigenvalue weighted by Gasteiger charge is -2.28. The Morgan fingerprint density at radius 1 is 1.06 bits per heavy atom. The number of hydrogen-bond acceptors (Lipinski definition) is 5. The molecule has 3 fully saturated rings. The predicted octanol–water partition coefficient (Wildman–Crippen LogP) is 1.97. The molecule has 1 N–H and O–H groups in total. The van der Waals surface area contributed by atoms with Gasteiger partial charge in [-0.3, -0.25) is 14.4 Å². The predicted molar refractivity (Wildman–Crippen MR) is 133 cm³/mol. The van der Waals surface area contributed by atoms with Crippen LogP contribution in [0.25, 0.3) is 0 Å². The second-order valence-corrected chi connectivity index (χ2v) is 10.3. The van der Waals surface area contributed by atoms with Crippen molar-refractivity contribution in [3.8, 4) is 0 Å². The van der Waals surface area contributed by atoms with Crippen LogP contribution in [0.1, 0.15) is 49.4 Å². The lowest BCUT2D eigenvalue weighted by molar-refractivity contribution is -0.137. The summed E-state index contributed by atoms with van der Waals surface area (Å²) in [5, 5.41) is 2.93. The molecule has 190 valence electrons. The van der Waals surface area contributed by atoms with E-state index in [2.05, 4.69) is 5.32 Å². The minimum Gasteiger partial charge on any atom is -0.378 e. The monoisotopic (exact) mass is 483 g/mol. The number of carbonyl (C=O) groups is 4. The Hall–Kier alpha value is -3.10. The fourth-order valence-corrected chi connectivity index (χ4v) is 5.41. The molecule has 3 unspecified atom stereocenters. The SMILES string of the molecule is CC(CCNC(=O)c1ccc(N(C)C)cc1)CC(=O)N1CCC2C1C(=O)CN2C(=O)N1CCCC1. The molecule has 9 nitrogen and oxygen atoms in total. The molecule has 3 aliphatic rings. The smallest absolute Gasteiger partial charge is 0.320 e. The zero-order valence-electron chi connectivity index (χ0n) is 21.0. The Morgan fingerprint density at radius 2 is 1.74 bits per heavy atom. The summed E-state index contributed by atoms with van der Waals surface area (Å²) in [5.41, 5.74) is 1.64. The van der Waals surface area contributed by atoms with Gasteiger partial charge < -0.3 is 24.9 Å². The maximum atomic E-state index is 13.1. The average molecular weight is 484 g/mol. The van der Waals surface area contributed by atoms with E-state index in [1.54, 1.807) is 21.9 Å². The molecule has 0 radical (unpaired) electrons. The minimum atomic E-state index is -0.508. The first-order chi connectivity index (χ1) is 16.8. The van der Waals surface area contributed by atoms with Gasteiger partial charge >= 0.3 is 6.03 Å². The maximum Gasteiger partial charge on any atom is 0.320 e. The number of nitrogens with one attached hydrogen (secondary N) is 1. The van der Waals surface area contributed by atoms with Crippen LogP contribution in [0, 0.1) is 5.92 Å². The van der Waals surface area contributed by atoms with E-state index in [4.69, 9.17) is 0 Å². The molecule has 3 saturated heterocycles. The van der Waals surface area contributed by atoms with Gasteiger partial charge in [0.2, 0.25) is 5.91 Å². The quantitative estimate of drug-likeness (QED) is 0.640. The van der Waals surface area contributed by atoms with Crippen LogP contribution in [0.2, 0.25) is 0 Å². The van der Waals surface area contributed by atoms with Gasteiger partial charge in [0.05, 0.1) is 12.6 Å². The van der Waals surface area contributed by atoms with E-state index in [1.165, 1.54) is 0 Å². The number of likely N-dealkylation sites (tertiary alicyclic amines) is 3. The van der Waals surface area contributed by atoms with E-state index in [9.17, 15) is 19.2 Å². The first-order valence-corrected chi connectivity index (χ1v) is 12.7. The number of hydrogen-bond donors (Lipinski definition) is 1. The van der Waals surface area contributed by atoms with E-state index >= 15 is 0 Å². The van der Waals surface area contributed by atoms with Gasteiger partial charge in [0.1, 0.15) is 6.04 Å². The Labute approximate surface area is 207 Å². The lowest BCUT2D eigenvalue weighted by Crippen LogP contribution is -2.46. The summed E-state index contributed by atoms with van der Waals surface area (Å²) in [5.74, 6) is -0.139. The number of anilines is 1. The number of rotatable bonds is 7. The number of benzene rings is 1. The molecule has 0 aromatic heterocycles. The van der Waals surface area contributed by atoms with Crippen molar-refractivity contribution in [1.82, 2.24) is 20.0 Å². The van der Waals surface area contributed by atoms with E-state index in [1.807, 2.05) is 43.0 Å². The molecule has 35 heavy (non-hydrogen) atoms. The molecule has 3 heterocycles. The third kappa shape index (κ3) is 5.44. The third-order valence-electron chi connectivity index (χ3n) is 7.46. The second kappa shape index (κ2) is 10.7. The Bertz CT molecular complexity index is 957. The van der Waals surface area contributed by atoms with Crippen molar-refractivity contribution < 1.29 is 19.2 Å². The highest BCUT2D eigenvalue weighted by atomic mass is 16.2. The summed E-state index contributed by atoms with van der Waals surface area (Å²) >= 11 is 0. The molecule has 0 spiro atoms. The van der Waals surface area contributed by atoms with Crippen molar-refractivity contribution in [2.45, 2.75) is 51.1 Å². The summed E-state index contributed by atoms with van der Waals surface area (Å²) < 4.78 is 0. The van der Waals surface area contributed by atoms with Crippen LogP contribution in [-0.2, 0) is 9.59 Å². The highest BCUT2D eigenvalue weighted by Gasteiger charge is 2.52. The fraction of sp³-hybridized carbons (Fsp3) is 0.615. The van der Waals surface area contributed by atoms with Gasteiger partial charge in [-0.25, -0.2) is 4.79 Å². The molecule has 3 aliphatic heterocycles. The molecule has 1 aromatic carbocycles. The van der Waals surface area contributed by atoms with Crippen molar-refractivity contribution in [3.63, 3.8) is 0 Å². The topological polar surface area (TPSA) is 93.3 Å². The molecule has 4 rings (SSSR count). The molecule has 3 atom stereocenters. The van der Waals surface area contributed by atoms with Crippen LogP contribution in [0.15, 0.2) is 24.3 Å². The second-order valence-electron chi connectivity index (χ2n) is 10.3. The van der Waals surface area contributed by atoms with Crippen LogP contribution in [0.4, 0.5) is 10.5 Å². The lowest BCUT2D eigenvalue weighted by atomic mass is 10.0. The summed E-state index contributed by atoms with van der Waals surface area (Å²) in [6.45, 7) is 4.58. The normalized spacial score (nSPS) is 22.4. The van der Waals surface area contributed by atoms with Gasteiger partial charge in [0.25, 0.3) is 5.91 Å². The molecule has 1 aromatic rings. The highest BCUT2D eigenvalue weighted by Crippen LogP contribution is 2.32. The van der Waals surface area contributed by atoms with Crippen LogP contribution < -0.4 is 10.2 Å². The first kappa shape index (κ1) is 25.0. The number of amides is 4. The van der Waals surface area contributed by atoms with E-state index in [0.717, 1.165) is 31.6 Å².